The Morgan fingerprint density at radius 1 is 1.14 bits per heavy atom. The lowest BCUT2D eigenvalue weighted by molar-refractivity contribution is 0.0921. The summed E-state index contributed by atoms with van der Waals surface area (Å²) in [5.41, 5.74) is 5.96. The van der Waals surface area contributed by atoms with Crippen molar-refractivity contribution >= 4 is 44.9 Å². The van der Waals surface area contributed by atoms with E-state index in [9.17, 15) is 4.79 Å². The van der Waals surface area contributed by atoms with Gasteiger partial charge in [-0.25, -0.2) is 9.79 Å². The number of amides is 1. The van der Waals surface area contributed by atoms with Gasteiger partial charge in [0.05, 0.1) is 23.7 Å². The zero-order valence-electron chi connectivity index (χ0n) is 16.4. The molecule has 1 amide bonds. The van der Waals surface area contributed by atoms with Crippen molar-refractivity contribution in [2.45, 2.75) is 13.3 Å². The first-order valence-corrected chi connectivity index (χ1v) is 10.9. The Bertz CT molecular complexity index is 998. The lowest BCUT2D eigenvalue weighted by atomic mass is 10.1. The van der Waals surface area contributed by atoms with Crippen LogP contribution in [0.3, 0.4) is 0 Å². The number of rotatable bonds is 1. The molecule has 0 radical (unpaired) electrons. The standard InChI is InChI=1S/C22H23BrN4O2/c1-2-29-22(28)26-12-10-25(11-13-26)21-17-5-3-4-15-8-9-27(20(15)17)19-7-6-16(23)14-18(19)24-21/h3-7,14H,2,8-13H2,1H3. The van der Waals surface area contributed by atoms with Gasteiger partial charge in [0.25, 0.3) is 0 Å². The minimum atomic E-state index is -0.226. The smallest absolute Gasteiger partial charge is 0.409 e. The van der Waals surface area contributed by atoms with Gasteiger partial charge >= 0.3 is 6.09 Å². The molecule has 3 aliphatic heterocycles. The molecular weight excluding hydrogens is 432 g/mol. The van der Waals surface area contributed by atoms with Crippen LogP contribution in [-0.4, -0.2) is 61.1 Å². The molecule has 0 aliphatic carbocycles. The van der Waals surface area contributed by atoms with Crippen LogP contribution in [0.4, 0.5) is 21.9 Å². The second-order valence-electron chi connectivity index (χ2n) is 7.46. The fourth-order valence-corrected chi connectivity index (χ4v) is 4.77. The van der Waals surface area contributed by atoms with Crippen LogP contribution in [0.5, 0.6) is 0 Å². The Balaban J connectivity index is 1.54. The Labute approximate surface area is 178 Å². The van der Waals surface area contributed by atoms with Gasteiger partial charge in [0.15, 0.2) is 0 Å². The molecule has 0 aromatic heterocycles. The fourth-order valence-electron chi connectivity index (χ4n) is 4.42. The van der Waals surface area contributed by atoms with Gasteiger partial charge in [0.1, 0.15) is 5.84 Å². The number of anilines is 2. The van der Waals surface area contributed by atoms with Gasteiger partial charge in [-0.3, -0.25) is 0 Å². The second-order valence-corrected chi connectivity index (χ2v) is 8.37. The van der Waals surface area contributed by atoms with Crippen molar-refractivity contribution in [3.8, 4) is 0 Å². The van der Waals surface area contributed by atoms with Gasteiger partial charge in [-0.2, -0.15) is 0 Å². The molecule has 2 aromatic carbocycles. The Morgan fingerprint density at radius 2 is 1.97 bits per heavy atom. The lowest BCUT2D eigenvalue weighted by Gasteiger charge is -2.36. The highest BCUT2D eigenvalue weighted by atomic mass is 79.9. The molecule has 0 saturated carbocycles. The SMILES string of the molecule is CCOC(=O)N1CCN(C2=Nc3cc(Br)ccc3N3CCc4cccc2c43)CC1. The molecule has 1 fully saturated rings. The van der Waals surface area contributed by atoms with Crippen LogP contribution < -0.4 is 4.90 Å². The summed E-state index contributed by atoms with van der Waals surface area (Å²) in [7, 11) is 0. The first kappa shape index (κ1) is 18.5. The van der Waals surface area contributed by atoms with E-state index in [0.29, 0.717) is 19.7 Å². The first-order valence-electron chi connectivity index (χ1n) is 10.1. The van der Waals surface area contributed by atoms with Crippen molar-refractivity contribution in [3.63, 3.8) is 0 Å². The van der Waals surface area contributed by atoms with Crippen LogP contribution in [-0.2, 0) is 11.2 Å². The van der Waals surface area contributed by atoms with Crippen molar-refractivity contribution in [1.82, 2.24) is 9.80 Å². The van der Waals surface area contributed by atoms with Gasteiger partial charge in [-0.05, 0) is 43.2 Å². The summed E-state index contributed by atoms with van der Waals surface area (Å²) in [4.78, 5) is 23.7. The van der Waals surface area contributed by atoms with E-state index < -0.39 is 0 Å². The number of halogens is 1. The molecule has 0 spiro atoms. The summed E-state index contributed by atoms with van der Waals surface area (Å²) in [5, 5.41) is 0. The van der Waals surface area contributed by atoms with Crippen LogP contribution in [0, 0.1) is 0 Å². The number of amidine groups is 1. The van der Waals surface area contributed by atoms with Crippen molar-refractivity contribution in [2.24, 2.45) is 4.99 Å². The van der Waals surface area contributed by atoms with Crippen molar-refractivity contribution in [2.75, 3.05) is 44.2 Å². The number of benzene rings is 2. The van der Waals surface area contributed by atoms with Gasteiger partial charge in [0.2, 0.25) is 0 Å². The highest BCUT2D eigenvalue weighted by Crippen LogP contribution is 2.45. The zero-order chi connectivity index (χ0) is 20.0. The van der Waals surface area contributed by atoms with Crippen LogP contribution in [0.1, 0.15) is 18.1 Å². The maximum atomic E-state index is 12.1. The van der Waals surface area contributed by atoms with Crippen molar-refractivity contribution < 1.29 is 9.53 Å². The summed E-state index contributed by atoms with van der Waals surface area (Å²) < 4.78 is 6.19. The van der Waals surface area contributed by atoms with E-state index in [1.807, 2.05) is 6.92 Å². The second kappa shape index (κ2) is 7.37. The average molecular weight is 455 g/mol. The molecule has 0 atom stereocenters. The first-order chi connectivity index (χ1) is 14.2. The Kier molecular flexibility index (Phi) is 4.70. The summed E-state index contributed by atoms with van der Waals surface area (Å²) >= 11 is 3.60. The number of carbonyl (C=O) groups excluding carboxylic acids is 1. The predicted octanol–water partition coefficient (Wildman–Crippen LogP) is 4.31. The number of fused-ring (bicyclic) bond motifs is 2. The third-order valence-electron chi connectivity index (χ3n) is 5.79. The van der Waals surface area contributed by atoms with E-state index in [2.05, 4.69) is 62.1 Å². The number of nitrogens with zero attached hydrogens (tertiary/aromatic N) is 4. The molecule has 29 heavy (non-hydrogen) atoms. The molecular formula is C22H23BrN4O2. The van der Waals surface area contributed by atoms with E-state index >= 15 is 0 Å². The highest BCUT2D eigenvalue weighted by molar-refractivity contribution is 9.10. The average Bonchev–Trinajstić information content (AvgIpc) is 3.11. The van der Waals surface area contributed by atoms with E-state index in [1.54, 1.807) is 4.90 Å². The molecule has 2 aromatic rings. The molecule has 3 heterocycles. The van der Waals surface area contributed by atoms with Gasteiger partial charge in [-0.1, -0.05) is 28.1 Å². The number of hydrogen-bond donors (Lipinski definition) is 0. The quantitative estimate of drug-likeness (QED) is 0.643. The molecule has 0 bridgehead atoms. The molecule has 1 saturated heterocycles. The topological polar surface area (TPSA) is 48.4 Å². The van der Waals surface area contributed by atoms with Crippen LogP contribution in [0.25, 0.3) is 0 Å². The largest absolute Gasteiger partial charge is 0.450 e. The van der Waals surface area contributed by atoms with Crippen LogP contribution in [0.2, 0.25) is 0 Å². The predicted molar refractivity (Wildman–Crippen MR) is 118 cm³/mol. The van der Waals surface area contributed by atoms with E-state index in [4.69, 9.17) is 9.73 Å². The van der Waals surface area contributed by atoms with Crippen LogP contribution in [0.15, 0.2) is 45.9 Å². The minimum absolute atomic E-state index is 0.226. The molecule has 7 heteroatoms. The number of piperazine rings is 1. The number of hydrogen-bond acceptors (Lipinski definition) is 5. The maximum Gasteiger partial charge on any atom is 0.409 e. The highest BCUT2D eigenvalue weighted by Gasteiger charge is 2.33. The summed E-state index contributed by atoms with van der Waals surface area (Å²) in [6, 6.07) is 12.9. The third kappa shape index (κ3) is 3.17. The van der Waals surface area contributed by atoms with Crippen LogP contribution >= 0.6 is 15.9 Å². The number of para-hydroxylation sites is 1. The van der Waals surface area contributed by atoms with Gasteiger partial charge in [0, 0.05) is 42.8 Å². The number of carbonyl (C=O) groups is 1. The summed E-state index contributed by atoms with van der Waals surface area (Å²) in [6.45, 7) is 5.98. The molecule has 0 N–H and O–H groups in total. The Morgan fingerprint density at radius 3 is 2.76 bits per heavy atom. The fraction of sp³-hybridized carbons (Fsp3) is 0.364. The molecule has 5 rings (SSSR count). The number of ether oxygens (including phenoxy) is 1. The maximum absolute atomic E-state index is 12.1. The van der Waals surface area contributed by atoms with Crippen molar-refractivity contribution in [3.05, 3.63) is 52.0 Å². The van der Waals surface area contributed by atoms with E-state index in [0.717, 1.165) is 47.7 Å². The minimum Gasteiger partial charge on any atom is -0.450 e. The molecule has 3 aliphatic rings. The summed E-state index contributed by atoms with van der Waals surface area (Å²) in [6.07, 6.45) is 0.818. The molecule has 0 unspecified atom stereocenters. The number of aliphatic imine (C=N–C) groups is 1. The third-order valence-corrected chi connectivity index (χ3v) is 6.29. The molecule has 150 valence electrons. The van der Waals surface area contributed by atoms with E-state index in [1.165, 1.54) is 16.8 Å². The van der Waals surface area contributed by atoms with Crippen molar-refractivity contribution in [1.29, 1.82) is 0 Å². The summed E-state index contributed by atoms with van der Waals surface area (Å²) in [5.74, 6) is 0.995. The Hall–Kier alpha value is -2.54. The normalized spacial score (nSPS) is 17.4. The monoisotopic (exact) mass is 454 g/mol. The molecule has 6 nitrogen and oxygen atoms in total. The van der Waals surface area contributed by atoms with E-state index in [-0.39, 0.29) is 6.09 Å². The van der Waals surface area contributed by atoms with Gasteiger partial charge in [-0.15, -0.1) is 0 Å². The lowest BCUT2D eigenvalue weighted by Crippen LogP contribution is -2.51. The zero-order valence-corrected chi connectivity index (χ0v) is 18.0. The van der Waals surface area contributed by atoms with Gasteiger partial charge < -0.3 is 19.4 Å².